The summed E-state index contributed by atoms with van der Waals surface area (Å²) in [6.45, 7) is 8.90. The molecule has 0 spiro atoms. The summed E-state index contributed by atoms with van der Waals surface area (Å²) >= 11 is 0. The smallest absolute Gasteiger partial charge is 0.244 e. The second-order valence-electron chi connectivity index (χ2n) is 5.15. The fourth-order valence-electron chi connectivity index (χ4n) is 1.92. The fourth-order valence-corrected chi connectivity index (χ4v) is 1.92. The van der Waals surface area contributed by atoms with Crippen molar-refractivity contribution in [3.05, 3.63) is 11.6 Å². The Morgan fingerprint density at radius 1 is 1.56 bits per heavy atom. The van der Waals surface area contributed by atoms with Crippen molar-refractivity contribution in [2.75, 3.05) is 6.61 Å². The van der Waals surface area contributed by atoms with Gasteiger partial charge < -0.3 is 10.1 Å². The number of hydrogen-bond donors (Lipinski definition) is 1. The van der Waals surface area contributed by atoms with Gasteiger partial charge in [-0.2, -0.15) is 0 Å². The number of amides is 1. The second-order valence-corrected chi connectivity index (χ2v) is 5.15. The van der Waals surface area contributed by atoms with Crippen LogP contribution in [0.2, 0.25) is 0 Å². The van der Waals surface area contributed by atoms with Crippen LogP contribution in [0.4, 0.5) is 0 Å². The van der Waals surface area contributed by atoms with Crippen LogP contribution in [-0.4, -0.2) is 24.2 Å². The van der Waals surface area contributed by atoms with Crippen molar-refractivity contribution in [3.8, 4) is 0 Å². The van der Waals surface area contributed by atoms with E-state index in [0.717, 1.165) is 31.4 Å². The molecule has 1 aliphatic heterocycles. The minimum Gasteiger partial charge on any atom is -0.375 e. The van der Waals surface area contributed by atoms with Gasteiger partial charge in [0.15, 0.2) is 0 Å². The number of carbonyl (C=O) groups excluding carboxylic acids is 1. The maximum atomic E-state index is 11.7. The van der Waals surface area contributed by atoms with Crippen LogP contribution < -0.4 is 5.32 Å². The number of carbonyl (C=O) groups is 1. The third kappa shape index (κ3) is 4.35. The molecule has 0 aromatic heterocycles. The van der Waals surface area contributed by atoms with E-state index in [-0.39, 0.29) is 17.6 Å². The van der Waals surface area contributed by atoms with Crippen LogP contribution in [0, 0.1) is 0 Å². The molecule has 1 heterocycles. The summed E-state index contributed by atoms with van der Waals surface area (Å²) in [7, 11) is 0. The normalized spacial score (nSPS) is 25.2. The van der Waals surface area contributed by atoms with Gasteiger partial charge in [-0.3, -0.25) is 4.79 Å². The SMILES string of the molecule is CC/C(C)=C/C(=O)N[C@H]1CCOC(C)(C)C1. The van der Waals surface area contributed by atoms with E-state index < -0.39 is 0 Å². The molecule has 0 saturated carbocycles. The van der Waals surface area contributed by atoms with Crippen molar-refractivity contribution < 1.29 is 9.53 Å². The van der Waals surface area contributed by atoms with Crippen LogP contribution >= 0.6 is 0 Å². The third-order valence-electron chi connectivity index (χ3n) is 2.98. The molecule has 0 aromatic carbocycles. The predicted octanol–water partition coefficient (Wildman–Crippen LogP) is 2.42. The summed E-state index contributed by atoms with van der Waals surface area (Å²) in [5, 5.41) is 3.04. The van der Waals surface area contributed by atoms with E-state index in [1.54, 1.807) is 6.08 Å². The van der Waals surface area contributed by atoms with Crippen molar-refractivity contribution in [1.82, 2.24) is 5.32 Å². The molecule has 3 nitrogen and oxygen atoms in total. The number of ether oxygens (including phenoxy) is 1. The van der Waals surface area contributed by atoms with Gasteiger partial charge in [0.05, 0.1) is 5.60 Å². The molecule has 1 N–H and O–H groups in total. The van der Waals surface area contributed by atoms with Crippen molar-refractivity contribution in [3.63, 3.8) is 0 Å². The minimum absolute atomic E-state index is 0.0297. The lowest BCUT2D eigenvalue weighted by molar-refractivity contribution is -0.119. The molecule has 1 rings (SSSR count). The van der Waals surface area contributed by atoms with Crippen molar-refractivity contribution >= 4 is 5.91 Å². The molecule has 3 heteroatoms. The van der Waals surface area contributed by atoms with Gasteiger partial charge in [0.25, 0.3) is 0 Å². The lowest BCUT2D eigenvalue weighted by Gasteiger charge is -2.35. The topological polar surface area (TPSA) is 38.3 Å². The molecule has 92 valence electrons. The zero-order valence-corrected chi connectivity index (χ0v) is 10.8. The maximum Gasteiger partial charge on any atom is 0.244 e. The van der Waals surface area contributed by atoms with E-state index in [1.165, 1.54) is 0 Å². The average molecular weight is 225 g/mol. The Labute approximate surface area is 98.2 Å². The van der Waals surface area contributed by atoms with Crippen LogP contribution in [0.3, 0.4) is 0 Å². The Bertz CT molecular complexity index is 282. The highest BCUT2D eigenvalue weighted by Crippen LogP contribution is 2.23. The highest BCUT2D eigenvalue weighted by atomic mass is 16.5. The first-order valence-electron chi connectivity index (χ1n) is 6.04. The first kappa shape index (κ1) is 13.2. The van der Waals surface area contributed by atoms with E-state index in [1.807, 2.05) is 6.92 Å². The quantitative estimate of drug-likeness (QED) is 0.749. The van der Waals surface area contributed by atoms with E-state index >= 15 is 0 Å². The number of nitrogens with one attached hydrogen (secondary N) is 1. The molecule has 0 aliphatic carbocycles. The van der Waals surface area contributed by atoms with Crippen LogP contribution in [0.25, 0.3) is 0 Å². The molecule has 1 aliphatic rings. The highest BCUT2D eigenvalue weighted by Gasteiger charge is 2.29. The molecule has 1 amide bonds. The van der Waals surface area contributed by atoms with Gasteiger partial charge in [0.1, 0.15) is 0 Å². The molecule has 0 aromatic rings. The third-order valence-corrected chi connectivity index (χ3v) is 2.98. The number of allylic oxidation sites excluding steroid dienone is 1. The van der Waals surface area contributed by atoms with Gasteiger partial charge in [0, 0.05) is 18.7 Å². The van der Waals surface area contributed by atoms with Crippen molar-refractivity contribution in [1.29, 1.82) is 0 Å². The van der Waals surface area contributed by atoms with Crippen LogP contribution in [-0.2, 0) is 9.53 Å². The second kappa shape index (κ2) is 5.48. The van der Waals surface area contributed by atoms with E-state index in [2.05, 4.69) is 26.1 Å². The average Bonchev–Trinajstić information content (AvgIpc) is 2.15. The molecule has 0 radical (unpaired) electrons. The van der Waals surface area contributed by atoms with E-state index in [0.29, 0.717) is 0 Å². The molecular formula is C13H23NO2. The minimum atomic E-state index is -0.111. The largest absolute Gasteiger partial charge is 0.375 e. The Hall–Kier alpha value is -0.830. The summed E-state index contributed by atoms with van der Waals surface area (Å²) in [6, 6.07) is 0.247. The van der Waals surface area contributed by atoms with Crippen molar-refractivity contribution in [2.24, 2.45) is 0 Å². The number of rotatable bonds is 3. The molecule has 0 unspecified atom stereocenters. The summed E-state index contributed by atoms with van der Waals surface area (Å²) < 4.78 is 5.61. The summed E-state index contributed by atoms with van der Waals surface area (Å²) in [5.74, 6) is 0.0297. The van der Waals surface area contributed by atoms with Crippen LogP contribution in [0.1, 0.15) is 47.0 Å². The van der Waals surface area contributed by atoms with Gasteiger partial charge in [0.2, 0.25) is 5.91 Å². The maximum absolute atomic E-state index is 11.7. The molecule has 1 saturated heterocycles. The standard InChI is InChI=1S/C13H23NO2/c1-5-10(2)8-12(15)14-11-6-7-16-13(3,4)9-11/h8,11H,5-7,9H2,1-4H3,(H,14,15)/b10-8+/t11-/m0/s1. The Kier molecular flexibility index (Phi) is 4.54. The molecule has 1 atom stereocenters. The van der Waals surface area contributed by atoms with Gasteiger partial charge in [-0.05, 0) is 40.0 Å². The fraction of sp³-hybridized carbons (Fsp3) is 0.769. The summed E-state index contributed by atoms with van der Waals surface area (Å²) in [6.07, 6.45) is 4.42. The van der Waals surface area contributed by atoms with Gasteiger partial charge in [-0.25, -0.2) is 0 Å². The van der Waals surface area contributed by atoms with Crippen LogP contribution in [0.15, 0.2) is 11.6 Å². The zero-order valence-electron chi connectivity index (χ0n) is 10.8. The van der Waals surface area contributed by atoms with E-state index in [4.69, 9.17) is 4.74 Å². The van der Waals surface area contributed by atoms with Gasteiger partial charge in [-0.15, -0.1) is 0 Å². The Morgan fingerprint density at radius 2 is 2.25 bits per heavy atom. The number of hydrogen-bond acceptors (Lipinski definition) is 2. The first-order chi connectivity index (χ1) is 7.43. The Morgan fingerprint density at radius 3 is 2.81 bits per heavy atom. The van der Waals surface area contributed by atoms with Gasteiger partial charge in [-0.1, -0.05) is 12.5 Å². The summed E-state index contributed by atoms with van der Waals surface area (Å²) in [4.78, 5) is 11.7. The molecule has 0 bridgehead atoms. The monoisotopic (exact) mass is 225 g/mol. The first-order valence-corrected chi connectivity index (χ1v) is 6.04. The lowest BCUT2D eigenvalue weighted by atomic mass is 9.94. The highest BCUT2D eigenvalue weighted by molar-refractivity contribution is 5.88. The molecular weight excluding hydrogens is 202 g/mol. The predicted molar refractivity (Wildman–Crippen MR) is 65.2 cm³/mol. The van der Waals surface area contributed by atoms with Crippen LogP contribution in [0.5, 0.6) is 0 Å². The molecule has 16 heavy (non-hydrogen) atoms. The zero-order chi connectivity index (χ0) is 12.2. The molecule has 1 fully saturated rings. The Balaban J connectivity index is 2.45. The van der Waals surface area contributed by atoms with E-state index in [9.17, 15) is 4.79 Å². The van der Waals surface area contributed by atoms with Crippen molar-refractivity contribution in [2.45, 2.75) is 58.6 Å². The van der Waals surface area contributed by atoms with Gasteiger partial charge >= 0.3 is 0 Å². The summed E-state index contributed by atoms with van der Waals surface area (Å²) in [5.41, 5.74) is 1.00. The lowest BCUT2D eigenvalue weighted by Crippen LogP contribution is -2.45.